The van der Waals surface area contributed by atoms with E-state index >= 15 is 0 Å². The van der Waals surface area contributed by atoms with Crippen LogP contribution < -0.4 is 4.18 Å². The lowest BCUT2D eigenvalue weighted by Gasteiger charge is -2.22. The van der Waals surface area contributed by atoms with Crippen LogP contribution in [-0.4, -0.2) is 25.5 Å². The lowest BCUT2D eigenvalue weighted by molar-refractivity contribution is -0.121. The molecule has 0 aromatic heterocycles. The molecule has 5 nitrogen and oxygen atoms in total. The number of hydrogen-bond acceptors (Lipinski definition) is 5. The van der Waals surface area contributed by atoms with Crippen LogP contribution in [0.25, 0.3) is 12.2 Å². The molecule has 0 saturated heterocycles. The van der Waals surface area contributed by atoms with E-state index in [2.05, 4.69) is 32.2 Å². The summed E-state index contributed by atoms with van der Waals surface area (Å²) in [6.07, 6.45) is -2.37. The smallest absolute Gasteiger partial charge is 0.394 e. The Bertz CT molecular complexity index is 1490. The van der Waals surface area contributed by atoms with Crippen LogP contribution in [0, 0.1) is 0 Å². The summed E-state index contributed by atoms with van der Waals surface area (Å²) < 4.78 is 68.3. The van der Waals surface area contributed by atoms with E-state index in [0.717, 1.165) is 27.8 Å². The van der Waals surface area contributed by atoms with Gasteiger partial charge in [-0.1, -0.05) is 121 Å². The van der Waals surface area contributed by atoms with Crippen LogP contribution in [0.2, 0.25) is 0 Å². The standard InChI is InChI=1S/C23H30O3S.C11H10F3NO/c1-8-18-9-11-20(12-10-18)26-27(24,25)23-21(16(4)5)13-19(15(2)3)14-22(23)17(6)7;1-2-8-3-5-9(6-4-8)10(15-16)7-11(12,13)14/h8-17H,1H2,2-7H3;2-6,16H,1,7H2. The van der Waals surface area contributed by atoms with Crippen molar-refractivity contribution in [2.75, 3.05) is 0 Å². The average Bonchev–Trinajstić information content (AvgIpc) is 2.95. The molecule has 3 aromatic rings. The van der Waals surface area contributed by atoms with Gasteiger partial charge >= 0.3 is 16.3 Å². The van der Waals surface area contributed by atoms with Gasteiger partial charge < -0.3 is 9.39 Å². The van der Waals surface area contributed by atoms with Crippen molar-refractivity contribution in [2.45, 2.75) is 76.8 Å². The zero-order valence-electron chi connectivity index (χ0n) is 25.4. The molecule has 0 heterocycles. The topological polar surface area (TPSA) is 76.0 Å². The third-order valence-electron chi connectivity index (χ3n) is 6.62. The Balaban J connectivity index is 0.000000344. The van der Waals surface area contributed by atoms with Crippen molar-refractivity contribution >= 4 is 28.0 Å². The third-order valence-corrected chi connectivity index (χ3v) is 8.00. The molecule has 0 aliphatic carbocycles. The van der Waals surface area contributed by atoms with Crippen molar-refractivity contribution in [3.63, 3.8) is 0 Å². The monoisotopic (exact) mass is 615 g/mol. The maximum atomic E-state index is 13.2. The Labute approximate surface area is 253 Å². The Morgan fingerprint density at radius 2 is 1.28 bits per heavy atom. The molecule has 0 amide bonds. The Hall–Kier alpha value is -3.85. The van der Waals surface area contributed by atoms with Gasteiger partial charge in [-0.3, -0.25) is 0 Å². The Morgan fingerprint density at radius 1 is 0.837 bits per heavy atom. The fraction of sp³-hybridized carbons (Fsp3) is 0.324. The lowest BCUT2D eigenvalue weighted by Crippen LogP contribution is -2.17. The zero-order valence-corrected chi connectivity index (χ0v) is 26.3. The highest BCUT2D eigenvalue weighted by molar-refractivity contribution is 7.87. The van der Waals surface area contributed by atoms with Gasteiger partial charge in [0.15, 0.2) is 0 Å². The van der Waals surface area contributed by atoms with E-state index < -0.39 is 28.4 Å². The quantitative estimate of drug-likeness (QED) is 0.107. The van der Waals surface area contributed by atoms with Gasteiger partial charge in [0.2, 0.25) is 0 Å². The van der Waals surface area contributed by atoms with E-state index in [4.69, 9.17) is 9.39 Å². The maximum absolute atomic E-state index is 13.2. The molecule has 0 radical (unpaired) electrons. The summed E-state index contributed by atoms with van der Waals surface area (Å²) in [7, 11) is -3.95. The highest BCUT2D eigenvalue weighted by atomic mass is 32.2. The minimum Gasteiger partial charge on any atom is -0.411 e. The molecule has 3 rings (SSSR count). The lowest BCUT2D eigenvalue weighted by atomic mass is 9.89. The van der Waals surface area contributed by atoms with Crippen molar-refractivity contribution in [3.8, 4) is 5.75 Å². The summed E-state index contributed by atoms with van der Waals surface area (Å²) in [5, 5.41) is 11.2. The minimum absolute atomic E-state index is 0.0673. The van der Waals surface area contributed by atoms with Gasteiger partial charge in [0.25, 0.3) is 0 Å². The average molecular weight is 616 g/mol. The van der Waals surface area contributed by atoms with Gasteiger partial charge in [-0.2, -0.15) is 21.6 Å². The number of hydrogen-bond donors (Lipinski definition) is 1. The molecule has 232 valence electrons. The molecule has 0 saturated carbocycles. The SMILES string of the molecule is C=Cc1ccc(C(CC(F)(F)F)=NO)cc1.C=Cc1ccc(OS(=O)(=O)c2c(C(C)C)cc(C(C)C)cc2C(C)C)cc1. The summed E-state index contributed by atoms with van der Waals surface area (Å²) in [5.74, 6) is 0.762. The molecule has 0 aliphatic heterocycles. The van der Waals surface area contributed by atoms with Crippen molar-refractivity contribution in [1.29, 1.82) is 0 Å². The van der Waals surface area contributed by atoms with E-state index in [1.807, 2.05) is 39.8 Å². The molecule has 0 bridgehead atoms. The second kappa shape index (κ2) is 15.0. The second-order valence-electron chi connectivity index (χ2n) is 11.0. The zero-order chi connectivity index (χ0) is 32.5. The Morgan fingerprint density at radius 3 is 1.63 bits per heavy atom. The molecular weight excluding hydrogens is 575 g/mol. The van der Waals surface area contributed by atoms with E-state index in [9.17, 15) is 21.6 Å². The molecular formula is C34H40F3NO4S. The first-order valence-corrected chi connectivity index (χ1v) is 15.3. The summed E-state index contributed by atoms with van der Waals surface area (Å²) in [6, 6.07) is 17.0. The van der Waals surface area contributed by atoms with Crippen LogP contribution in [-0.2, 0) is 10.1 Å². The van der Waals surface area contributed by atoms with Gasteiger partial charge in [-0.05, 0) is 63.3 Å². The second-order valence-corrected chi connectivity index (χ2v) is 12.5. The number of oxime groups is 1. The number of benzene rings is 3. The van der Waals surface area contributed by atoms with Crippen LogP contribution in [0.5, 0.6) is 5.75 Å². The fourth-order valence-electron chi connectivity index (χ4n) is 4.20. The molecule has 0 fully saturated rings. The summed E-state index contributed by atoms with van der Waals surface area (Å²) >= 11 is 0. The number of halogens is 3. The van der Waals surface area contributed by atoms with Gasteiger partial charge in [0, 0.05) is 0 Å². The van der Waals surface area contributed by atoms with Crippen LogP contribution >= 0.6 is 0 Å². The Kier molecular flexibility index (Phi) is 12.4. The molecule has 0 unspecified atom stereocenters. The maximum Gasteiger partial charge on any atom is 0.394 e. The molecule has 9 heteroatoms. The normalized spacial score (nSPS) is 12.2. The van der Waals surface area contributed by atoms with Gasteiger partial charge in [0.05, 0.1) is 12.1 Å². The largest absolute Gasteiger partial charge is 0.411 e. The number of nitrogens with zero attached hydrogens (tertiary/aromatic N) is 1. The van der Waals surface area contributed by atoms with Gasteiger partial charge in [0.1, 0.15) is 10.6 Å². The van der Waals surface area contributed by atoms with Crippen molar-refractivity contribution in [2.24, 2.45) is 5.16 Å². The minimum atomic E-state index is -4.39. The molecule has 0 spiro atoms. The van der Waals surface area contributed by atoms with E-state index in [-0.39, 0.29) is 17.4 Å². The van der Waals surface area contributed by atoms with Crippen molar-refractivity contribution < 1.29 is 31.0 Å². The molecule has 43 heavy (non-hydrogen) atoms. The predicted octanol–water partition coefficient (Wildman–Crippen LogP) is 9.93. The number of rotatable bonds is 10. The highest BCUT2D eigenvalue weighted by Crippen LogP contribution is 2.36. The van der Waals surface area contributed by atoms with Crippen molar-refractivity contribution in [1.82, 2.24) is 0 Å². The van der Waals surface area contributed by atoms with E-state index in [1.165, 1.54) is 12.1 Å². The van der Waals surface area contributed by atoms with Crippen molar-refractivity contribution in [3.05, 3.63) is 107 Å². The van der Waals surface area contributed by atoms with E-state index in [0.29, 0.717) is 16.6 Å². The van der Waals surface area contributed by atoms with E-state index in [1.54, 1.807) is 48.6 Å². The first-order chi connectivity index (χ1) is 20.0. The first-order valence-electron chi connectivity index (χ1n) is 13.9. The predicted molar refractivity (Wildman–Crippen MR) is 169 cm³/mol. The molecule has 1 N–H and O–H groups in total. The van der Waals surface area contributed by atoms with Gasteiger partial charge in [-0.25, -0.2) is 0 Å². The highest BCUT2D eigenvalue weighted by Gasteiger charge is 2.31. The van der Waals surface area contributed by atoms with Crippen LogP contribution in [0.3, 0.4) is 0 Å². The number of alkyl halides is 3. The summed E-state index contributed by atoms with van der Waals surface area (Å²) in [4.78, 5) is 0.310. The molecule has 3 aromatic carbocycles. The molecule has 0 atom stereocenters. The summed E-state index contributed by atoms with van der Waals surface area (Å²) in [5.41, 5.74) is 4.31. The van der Waals surface area contributed by atoms with Crippen LogP contribution in [0.1, 0.15) is 99.1 Å². The van der Waals surface area contributed by atoms with Crippen LogP contribution in [0.15, 0.2) is 83.9 Å². The van der Waals surface area contributed by atoms with Gasteiger partial charge in [-0.15, -0.1) is 0 Å². The fourth-order valence-corrected chi connectivity index (χ4v) is 5.82. The van der Waals surface area contributed by atoms with Crippen LogP contribution in [0.4, 0.5) is 13.2 Å². The summed E-state index contributed by atoms with van der Waals surface area (Å²) in [6.45, 7) is 19.5. The molecule has 0 aliphatic rings. The first kappa shape index (κ1) is 35.3. The third kappa shape index (κ3) is 10.1.